The smallest absolute Gasteiger partial charge is 0.444 e. The number of alkyl halides is 3. The molecule has 0 spiro atoms. The van der Waals surface area contributed by atoms with Gasteiger partial charge >= 0.3 is 21.7 Å². The maximum absolute atomic E-state index is 14.5. The quantitative estimate of drug-likeness (QED) is 0.291. The number of hydrogen-bond acceptors (Lipinski definition) is 8. The molecule has 0 fully saturated rings. The van der Waals surface area contributed by atoms with Gasteiger partial charge in [0.1, 0.15) is 30.0 Å². The third-order valence-corrected chi connectivity index (χ3v) is 9.55. The summed E-state index contributed by atoms with van der Waals surface area (Å²) < 4.78 is 72.4. The Morgan fingerprint density at radius 1 is 0.980 bits per heavy atom. The molecule has 2 aromatic carbocycles. The molecular formula is C35H45F3N4O8S. The fourth-order valence-corrected chi connectivity index (χ4v) is 6.52. The first-order valence-corrected chi connectivity index (χ1v) is 17.9. The Balaban J connectivity index is 1.66. The average molecular weight is 739 g/mol. The van der Waals surface area contributed by atoms with Gasteiger partial charge in [0.25, 0.3) is 0 Å². The third-order valence-electron chi connectivity index (χ3n) is 8.57. The maximum atomic E-state index is 14.5. The van der Waals surface area contributed by atoms with Crippen LogP contribution in [0, 0.1) is 5.41 Å². The van der Waals surface area contributed by atoms with E-state index >= 15 is 0 Å². The minimum Gasteiger partial charge on any atom is -0.444 e. The summed E-state index contributed by atoms with van der Waals surface area (Å²) in [6.45, 7) is 9.37. The van der Waals surface area contributed by atoms with Gasteiger partial charge in [-0.3, -0.25) is 14.4 Å². The van der Waals surface area contributed by atoms with E-state index < -0.39 is 74.8 Å². The van der Waals surface area contributed by atoms with Crippen LogP contribution in [-0.4, -0.2) is 78.8 Å². The van der Waals surface area contributed by atoms with Crippen LogP contribution in [0.1, 0.15) is 82.7 Å². The number of carbonyl (C=O) groups excluding carboxylic acids is 4. The Morgan fingerprint density at radius 3 is 2.27 bits per heavy atom. The number of amides is 4. The van der Waals surface area contributed by atoms with E-state index in [2.05, 4.69) is 14.8 Å². The molecule has 16 heteroatoms. The van der Waals surface area contributed by atoms with Crippen molar-refractivity contribution in [2.45, 2.75) is 103 Å². The molecule has 2 unspecified atom stereocenters. The summed E-state index contributed by atoms with van der Waals surface area (Å²) in [5.41, 5.74) is -4.58. The van der Waals surface area contributed by atoms with E-state index in [0.29, 0.717) is 12.0 Å². The number of ether oxygens (including phenoxy) is 1. The van der Waals surface area contributed by atoms with E-state index in [9.17, 15) is 40.8 Å². The standard InChI is InChI=1S/C35H45F3N4O8S/c1-33(2,3)29(40-28(43)20-41(7)32(46)49-34(4,5)6)31(45)42-19-23-17-24(50-51(47,48)35(36,37)38)16-15-22(23)18-27(42)30(44)39-26-14-10-12-21-11-8-9-13-25(21)26/h8-9,11,13,15-17,26-27,29H,10,12,14,18-20H2,1-7H3,(H,39,44)(H,40,43)/t26-,27?,29?/m1/s1. The van der Waals surface area contributed by atoms with Crippen molar-refractivity contribution in [3.63, 3.8) is 0 Å². The molecule has 0 radical (unpaired) electrons. The highest BCUT2D eigenvalue weighted by molar-refractivity contribution is 7.88. The second-order valence-corrected chi connectivity index (χ2v) is 16.5. The molecule has 0 bridgehead atoms. The summed E-state index contributed by atoms with van der Waals surface area (Å²) in [6, 6.07) is 8.60. The van der Waals surface area contributed by atoms with Gasteiger partial charge < -0.3 is 29.4 Å². The van der Waals surface area contributed by atoms with Crippen molar-refractivity contribution in [2.75, 3.05) is 13.6 Å². The zero-order valence-corrected chi connectivity index (χ0v) is 30.5. The molecule has 0 saturated heterocycles. The van der Waals surface area contributed by atoms with E-state index in [0.717, 1.165) is 41.0 Å². The molecule has 2 aromatic rings. The van der Waals surface area contributed by atoms with Gasteiger partial charge in [-0.2, -0.15) is 21.6 Å². The number of carbonyl (C=O) groups is 4. The predicted octanol–water partition coefficient (Wildman–Crippen LogP) is 4.76. The van der Waals surface area contributed by atoms with E-state index in [1.807, 2.05) is 24.3 Å². The van der Waals surface area contributed by atoms with Crippen LogP contribution in [0.4, 0.5) is 18.0 Å². The van der Waals surface area contributed by atoms with Crippen LogP contribution in [0.2, 0.25) is 0 Å². The lowest BCUT2D eigenvalue weighted by molar-refractivity contribution is -0.147. The lowest BCUT2D eigenvalue weighted by atomic mass is 9.84. The van der Waals surface area contributed by atoms with E-state index in [-0.39, 0.29) is 24.6 Å². The SMILES string of the molecule is CN(CC(=O)NC(C(=O)N1Cc2cc(OS(=O)(=O)C(F)(F)F)ccc2CC1C(=O)N[C@@H]1CCCc2ccccc21)C(C)(C)C)C(=O)OC(C)(C)C. The molecule has 1 aliphatic carbocycles. The zero-order valence-electron chi connectivity index (χ0n) is 29.7. The topological polar surface area (TPSA) is 151 Å². The van der Waals surface area contributed by atoms with Crippen LogP contribution >= 0.6 is 0 Å². The van der Waals surface area contributed by atoms with E-state index in [4.69, 9.17) is 4.74 Å². The third kappa shape index (κ3) is 9.71. The van der Waals surface area contributed by atoms with Crippen LogP contribution in [0.3, 0.4) is 0 Å². The number of likely N-dealkylation sites (N-methyl/N-ethyl adjacent to an activating group) is 1. The lowest BCUT2D eigenvalue weighted by Gasteiger charge is -2.41. The highest BCUT2D eigenvalue weighted by atomic mass is 32.2. The molecular weight excluding hydrogens is 693 g/mol. The van der Waals surface area contributed by atoms with Gasteiger partial charge in [0.15, 0.2) is 0 Å². The van der Waals surface area contributed by atoms with Crippen molar-refractivity contribution in [3.8, 4) is 5.75 Å². The van der Waals surface area contributed by atoms with Crippen molar-refractivity contribution >= 4 is 33.9 Å². The largest absolute Gasteiger partial charge is 0.534 e. The lowest BCUT2D eigenvalue weighted by Crippen LogP contribution is -2.61. The van der Waals surface area contributed by atoms with Gasteiger partial charge in [0, 0.05) is 20.0 Å². The summed E-state index contributed by atoms with van der Waals surface area (Å²) in [7, 11) is -4.61. The second-order valence-electron chi connectivity index (χ2n) is 15.0. The minimum atomic E-state index is -5.97. The normalized spacial score (nSPS) is 18.4. The van der Waals surface area contributed by atoms with E-state index in [1.165, 1.54) is 18.0 Å². The molecule has 0 aromatic heterocycles. The van der Waals surface area contributed by atoms with Gasteiger partial charge in [-0.25, -0.2) is 4.79 Å². The summed E-state index contributed by atoms with van der Waals surface area (Å²) >= 11 is 0. The molecule has 12 nitrogen and oxygen atoms in total. The number of nitrogens with one attached hydrogen (secondary N) is 2. The highest BCUT2D eigenvalue weighted by Gasteiger charge is 2.49. The molecule has 2 aliphatic rings. The monoisotopic (exact) mass is 738 g/mol. The molecule has 4 amide bonds. The highest BCUT2D eigenvalue weighted by Crippen LogP contribution is 2.34. The number of hydrogen-bond donors (Lipinski definition) is 2. The molecule has 51 heavy (non-hydrogen) atoms. The van der Waals surface area contributed by atoms with Crippen molar-refractivity contribution in [3.05, 3.63) is 64.7 Å². The number of nitrogens with zero attached hydrogens (tertiary/aromatic N) is 2. The summed E-state index contributed by atoms with van der Waals surface area (Å²) in [5.74, 6) is -2.44. The number of aryl methyl sites for hydroxylation is 1. The summed E-state index contributed by atoms with van der Waals surface area (Å²) in [5, 5.41) is 5.79. The Hall–Kier alpha value is -4.34. The first kappa shape index (κ1) is 39.4. The van der Waals surface area contributed by atoms with Gasteiger partial charge in [0.05, 0.1) is 6.04 Å². The Morgan fingerprint density at radius 2 is 1.65 bits per heavy atom. The zero-order chi connectivity index (χ0) is 38.1. The summed E-state index contributed by atoms with van der Waals surface area (Å²) in [4.78, 5) is 56.6. The Labute approximate surface area is 296 Å². The molecule has 2 N–H and O–H groups in total. The van der Waals surface area contributed by atoms with E-state index in [1.54, 1.807) is 41.5 Å². The molecule has 280 valence electrons. The first-order valence-electron chi connectivity index (χ1n) is 16.5. The van der Waals surface area contributed by atoms with Crippen molar-refractivity contribution in [1.82, 2.24) is 20.4 Å². The molecule has 0 saturated carbocycles. The van der Waals surface area contributed by atoms with Crippen molar-refractivity contribution in [1.29, 1.82) is 0 Å². The Bertz CT molecular complexity index is 1770. The minimum absolute atomic E-state index is 0.0558. The predicted molar refractivity (Wildman–Crippen MR) is 181 cm³/mol. The first-order chi connectivity index (χ1) is 23.5. The number of rotatable bonds is 8. The van der Waals surface area contributed by atoms with Crippen molar-refractivity contribution < 1.29 is 49.7 Å². The van der Waals surface area contributed by atoms with Gasteiger partial charge in [-0.05, 0) is 79.8 Å². The number of fused-ring (bicyclic) bond motifs is 2. The average Bonchev–Trinajstić information content (AvgIpc) is 3.00. The fraction of sp³-hybridized carbons (Fsp3) is 0.543. The van der Waals surface area contributed by atoms with Crippen LogP contribution in [0.5, 0.6) is 5.75 Å². The molecule has 1 heterocycles. The maximum Gasteiger partial charge on any atom is 0.534 e. The van der Waals surface area contributed by atoms with Crippen LogP contribution in [0.15, 0.2) is 42.5 Å². The Kier molecular flexibility index (Phi) is 11.4. The molecule has 4 rings (SSSR count). The summed E-state index contributed by atoms with van der Waals surface area (Å²) in [6.07, 6.45) is 1.54. The van der Waals surface area contributed by atoms with Crippen LogP contribution in [-0.2, 0) is 48.6 Å². The number of halogens is 3. The van der Waals surface area contributed by atoms with Crippen LogP contribution < -0.4 is 14.8 Å². The van der Waals surface area contributed by atoms with Gasteiger partial charge in [0.2, 0.25) is 17.7 Å². The fourth-order valence-electron chi connectivity index (χ4n) is 6.07. The van der Waals surface area contributed by atoms with Crippen LogP contribution in [0.25, 0.3) is 0 Å². The molecule has 3 atom stereocenters. The second kappa shape index (κ2) is 14.7. The van der Waals surface area contributed by atoms with Gasteiger partial charge in [-0.15, -0.1) is 0 Å². The van der Waals surface area contributed by atoms with Gasteiger partial charge in [-0.1, -0.05) is 51.1 Å². The molecule has 1 aliphatic heterocycles. The van der Waals surface area contributed by atoms with Crippen molar-refractivity contribution in [2.24, 2.45) is 5.41 Å². The number of benzene rings is 2.